The van der Waals surface area contributed by atoms with Crippen LogP contribution in [0.25, 0.3) is 11.3 Å². The molecule has 4 nitrogen and oxygen atoms in total. The molecule has 0 aliphatic carbocycles. The molecule has 5 heteroatoms. The van der Waals surface area contributed by atoms with E-state index in [1.165, 1.54) is 5.56 Å². The van der Waals surface area contributed by atoms with Crippen LogP contribution in [0.3, 0.4) is 0 Å². The Balaban J connectivity index is 1.71. The zero-order chi connectivity index (χ0) is 19.8. The van der Waals surface area contributed by atoms with Crippen LogP contribution in [0.4, 0.5) is 5.13 Å². The van der Waals surface area contributed by atoms with Crippen molar-refractivity contribution < 1.29 is 4.74 Å². The van der Waals surface area contributed by atoms with Gasteiger partial charge in [-0.25, -0.2) is 4.98 Å². The summed E-state index contributed by atoms with van der Waals surface area (Å²) < 4.78 is 5.24. The van der Waals surface area contributed by atoms with Crippen LogP contribution in [-0.2, 0) is 6.42 Å². The van der Waals surface area contributed by atoms with Crippen molar-refractivity contribution in [2.45, 2.75) is 26.2 Å². The van der Waals surface area contributed by atoms with Gasteiger partial charge in [0.25, 0.3) is 0 Å². The number of rotatable bonds is 9. The van der Waals surface area contributed by atoms with Crippen molar-refractivity contribution in [3.8, 4) is 23.1 Å². The van der Waals surface area contributed by atoms with Crippen molar-refractivity contribution in [1.29, 1.82) is 5.26 Å². The largest absolute Gasteiger partial charge is 0.497 e. The van der Waals surface area contributed by atoms with Crippen LogP contribution in [0.2, 0.25) is 0 Å². The zero-order valence-corrected chi connectivity index (χ0v) is 17.2. The molecule has 0 saturated heterocycles. The molecule has 0 unspecified atom stereocenters. The molecule has 0 atom stereocenters. The van der Waals surface area contributed by atoms with E-state index >= 15 is 0 Å². The Labute approximate surface area is 171 Å². The lowest BCUT2D eigenvalue weighted by atomic mass is 10.1. The summed E-state index contributed by atoms with van der Waals surface area (Å²) in [6.07, 6.45) is 3.24. The van der Waals surface area contributed by atoms with Crippen molar-refractivity contribution in [3.63, 3.8) is 0 Å². The van der Waals surface area contributed by atoms with Gasteiger partial charge < -0.3 is 9.64 Å². The minimum atomic E-state index is 0.704. The molecule has 0 radical (unpaired) electrons. The Bertz CT molecular complexity index is 910. The molecule has 0 bridgehead atoms. The average molecular weight is 392 g/mol. The van der Waals surface area contributed by atoms with Gasteiger partial charge >= 0.3 is 0 Å². The van der Waals surface area contributed by atoms with E-state index < -0.39 is 0 Å². The lowest BCUT2D eigenvalue weighted by Crippen LogP contribution is -2.26. The maximum absolute atomic E-state index is 8.95. The van der Waals surface area contributed by atoms with Gasteiger partial charge in [-0.3, -0.25) is 0 Å². The number of benzene rings is 2. The fourth-order valence-corrected chi connectivity index (χ4v) is 3.85. The first-order valence-electron chi connectivity index (χ1n) is 9.57. The zero-order valence-electron chi connectivity index (χ0n) is 16.4. The van der Waals surface area contributed by atoms with Gasteiger partial charge in [0.15, 0.2) is 5.13 Å². The Kier molecular flexibility index (Phi) is 7.05. The third-order valence-electron chi connectivity index (χ3n) is 4.68. The predicted molar refractivity (Wildman–Crippen MR) is 116 cm³/mol. The minimum Gasteiger partial charge on any atom is -0.497 e. The highest BCUT2D eigenvalue weighted by atomic mass is 32.1. The van der Waals surface area contributed by atoms with E-state index in [1.807, 2.05) is 48.5 Å². The quantitative estimate of drug-likeness (QED) is 0.480. The highest BCUT2D eigenvalue weighted by Gasteiger charge is 2.12. The van der Waals surface area contributed by atoms with Crippen LogP contribution < -0.4 is 9.64 Å². The number of unbranched alkanes of at least 4 members (excludes halogenated alkanes) is 1. The monoisotopic (exact) mass is 391 g/mol. The normalized spacial score (nSPS) is 10.5. The molecule has 0 spiro atoms. The SMILES string of the molecule is CCCCN(CCc1ccc(C#N)cc1)c1nc(-c2ccc(OC)cc2)cs1. The smallest absolute Gasteiger partial charge is 0.185 e. The summed E-state index contributed by atoms with van der Waals surface area (Å²) in [6.45, 7) is 4.13. The molecule has 144 valence electrons. The molecule has 28 heavy (non-hydrogen) atoms. The highest BCUT2D eigenvalue weighted by molar-refractivity contribution is 7.14. The molecule has 0 fully saturated rings. The number of anilines is 1. The first-order valence-corrected chi connectivity index (χ1v) is 10.5. The second-order valence-corrected chi connectivity index (χ2v) is 7.48. The maximum Gasteiger partial charge on any atom is 0.185 e. The van der Waals surface area contributed by atoms with E-state index in [-0.39, 0.29) is 0 Å². The third-order valence-corrected chi connectivity index (χ3v) is 5.58. The van der Waals surface area contributed by atoms with Gasteiger partial charge in [-0.05, 0) is 54.8 Å². The molecule has 3 aromatic rings. The molecule has 0 amide bonds. The molecule has 0 saturated carbocycles. The topological polar surface area (TPSA) is 49.2 Å². The van der Waals surface area contributed by atoms with E-state index in [9.17, 15) is 0 Å². The van der Waals surface area contributed by atoms with Crippen LogP contribution in [0.5, 0.6) is 5.75 Å². The van der Waals surface area contributed by atoms with Crippen LogP contribution in [-0.4, -0.2) is 25.2 Å². The summed E-state index contributed by atoms with van der Waals surface area (Å²) in [5.41, 5.74) is 4.05. The maximum atomic E-state index is 8.95. The van der Waals surface area contributed by atoms with Gasteiger partial charge in [0, 0.05) is 24.0 Å². The predicted octanol–water partition coefficient (Wildman–Crippen LogP) is 5.54. The van der Waals surface area contributed by atoms with Crippen LogP contribution >= 0.6 is 11.3 Å². The number of hydrogen-bond donors (Lipinski definition) is 0. The molecule has 2 aromatic carbocycles. The summed E-state index contributed by atoms with van der Waals surface area (Å²) >= 11 is 1.69. The van der Waals surface area contributed by atoms with Gasteiger partial charge in [0.05, 0.1) is 24.4 Å². The van der Waals surface area contributed by atoms with Gasteiger partial charge in [-0.1, -0.05) is 25.5 Å². The van der Waals surface area contributed by atoms with E-state index in [0.29, 0.717) is 5.56 Å². The Hall–Kier alpha value is -2.84. The van der Waals surface area contributed by atoms with Gasteiger partial charge in [-0.2, -0.15) is 5.26 Å². The van der Waals surface area contributed by atoms with Crippen molar-refractivity contribution in [2.75, 3.05) is 25.1 Å². The van der Waals surface area contributed by atoms with Crippen molar-refractivity contribution in [2.24, 2.45) is 0 Å². The van der Waals surface area contributed by atoms with Gasteiger partial charge in [0.2, 0.25) is 0 Å². The number of nitrogens with zero attached hydrogens (tertiary/aromatic N) is 3. The summed E-state index contributed by atoms with van der Waals surface area (Å²) in [6, 6.07) is 18.1. The van der Waals surface area contributed by atoms with Crippen LogP contribution in [0, 0.1) is 11.3 Å². The van der Waals surface area contributed by atoms with E-state index in [4.69, 9.17) is 15.0 Å². The first-order chi connectivity index (χ1) is 13.7. The lowest BCUT2D eigenvalue weighted by molar-refractivity contribution is 0.415. The van der Waals surface area contributed by atoms with Crippen molar-refractivity contribution in [3.05, 3.63) is 65.0 Å². The Morgan fingerprint density at radius 2 is 1.82 bits per heavy atom. The van der Waals surface area contributed by atoms with Crippen LogP contribution in [0.1, 0.15) is 30.9 Å². The minimum absolute atomic E-state index is 0.704. The van der Waals surface area contributed by atoms with E-state index in [0.717, 1.165) is 54.5 Å². The third kappa shape index (κ3) is 5.11. The fourth-order valence-electron chi connectivity index (χ4n) is 2.97. The number of ether oxygens (including phenoxy) is 1. The van der Waals surface area contributed by atoms with Gasteiger partial charge in [-0.15, -0.1) is 11.3 Å². The molecular weight excluding hydrogens is 366 g/mol. The number of thiazole rings is 1. The highest BCUT2D eigenvalue weighted by Crippen LogP contribution is 2.29. The summed E-state index contributed by atoms with van der Waals surface area (Å²) in [7, 11) is 1.68. The summed E-state index contributed by atoms with van der Waals surface area (Å²) in [4.78, 5) is 7.26. The molecule has 0 aliphatic heterocycles. The summed E-state index contributed by atoms with van der Waals surface area (Å²) in [5, 5.41) is 12.1. The summed E-state index contributed by atoms with van der Waals surface area (Å²) in [5.74, 6) is 0.853. The van der Waals surface area contributed by atoms with E-state index in [1.54, 1.807) is 18.4 Å². The number of methoxy groups -OCH3 is 1. The van der Waals surface area contributed by atoms with Crippen molar-refractivity contribution in [1.82, 2.24) is 4.98 Å². The lowest BCUT2D eigenvalue weighted by Gasteiger charge is -2.21. The number of aromatic nitrogens is 1. The molecular formula is C23H25N3OS. The molecule has 1 aromatic heterocycles. The number of hydrogen-bond acceptors (Lipinski definition) is 5. The fraction of sp³-hybridized carbons (Fsp3) is 0.304. The number of nitriles is 1. The van der Waals surface area contributed by atoms with Gasteiger partial charge in [0.1, 0.15) is 5.75 Å². The average Bonchev–Trinajstić information content (AvgIpc) is 3.24. The van der Waals surface area contributed by atoms with Crippen LogP contribution in [0.15, 0.2) is 53.9 Å². The molecule has 3 rings (SSSR count). The van der Waals surface area contributed by atoms with E-state index in [2.05, 4.69) is 23.3 Å². The standard InChI is InChI=1S/C23H25N3OS/c1-3-4-14-26(15-13-18-5-7-19(16-24)8-6-18)23-25-22(17-28-23)20-9-11-21(27-2)12-10-20/h5-12,17H,3-4,13-15H2,1-2H3. The molecule has 1 heterocycles. The second kappa shape index (κ2) is 9.91. The second-order valence-electron chi connectivity index (χ2n) is 6.64. The Morgan fingerprint density at radius 1 is 1.07 bits per heavy atom. The Morgan fingerprint density at radius 3 is 2.46 bits per heavy atom. The molecule has 0 aliphatic rings. The van der Waals surface area contributed by atoms with Crippen molar-refractivity contribution >= 4 is 16.5 Å². The molecule has 0 N–H and O–H groups in total. The first kappa shape index (κ1) is 19.9.